The van der Waals surface area contributed by atoms with Crippen molar-refractivity contribution >= 4 is 16.6 Å². The van der Waals surface area contributed by atoms with Gasteiger partial charge in [0.15, 0.2) is 8.32 Å². The van der Waals surface area contributed by atoms with Gasteiger partial charge in [0.1, 0.15) is 5.76 Å². The van der Waals surface area contributed by atoms with E-state index in [4.69, 9.17) is 8.85 Å². The molecular weight excluding hydrogens is 388 g/mol. The normalized spacial score (nSPS) is 41.8. The predicted molar refractivity (Wildman–Crippen MR) is 128 cm³/mol. The van der Waals surface area contributed by atoms with Crippen LogP contribution in [0.5, 0.6) is 0 Å². The topological polar surface area (TPSA) is 18.5 Å². The van der Waals surface area contributed by atoms with Crippen LogP contribution in [0.1, 0.15) is 46.0 Å². The Labute approximate surface area is 181 Å². The van der Waals surface area contributed by atoms with Crippen LogP contribution in [-0.4, -0.2) is 22.7 Å². The van der Waals surface area contributed by atoms with Gasteiger partial charge in [-0.3, -0.25) is 0 Å². The number of rotatable bonds is 4. The molecule has 2 nitrogen and oxygen atoms in total. The molecule has 0 amide bonds. The van der Waals surface area contributed by atoms with E-state index in [1.807, 2.05) is 0 Å². The first-order chi connectivity index (χ1) is 13.3. The molecule has 0 saturated heterocycles. The van der Waals surface area contributed by atoms with Gasteiger partial charge in [0.05, 0.1) is 6.10 Å². The van der Waals surface area contributed by atoms with E-state index in [9.17, 15) is 0 Å². The summed E-state index contributed by atoms with van der Waals surface area (Å²) in [6.07, 6.45) is 16.7. The second-order valence-corrected chi connectivity index (χ2v) is 21.4. The van der Waals surface area contributed by atoms with Crippen LogP contribution in [0.4, 0.5) is 0 Å². The van der Waals surface area contributed by atoms with Gasteiger partial charge in [-0.25, -0.2) is 0 Å². The van der Waals surface area contributed by atoms with E-state index in [1.54, 1.807) is 0 Å². The summed E-state index contributed by atoms with van der Waals surface area (Å²) in [5.41, 5.74) is 2.06. The zero-order valence-corrected chi connectivity index (χ0v) is 22.0. The Bertz CT molecular complexity index is 754. The van der Waals surface area contributed by atoms with Gasteiger partial charge in [0.2, 0.25) is 8.32 Å². The average Bonchev–Trinajstić information content (AvgIpc) is 2.89. The summed E-state index contributed by atoms with van der Waals surface area (Å²) in [5.74, 6) is 3.45. The second-order valence-electron chi connectivity index (χ2n) is 12.5. The minimum atomic E-state index is -1.57. The standard InChI is InChI=1S/C25H42O2Si2/c1-24-15-13-19(26-28(3,4)5)17-18(24)9-10-20-21-11-12-23(27-29(6,7)8)25(21,2)16-14-22(20)24/h9,13,15,17,20-23H,10-12,14,16H2,1-8H3/t20?,21?,22?,23-,24-,25-/m0/s1. The highest BCUT2D eigenvalue weighted by Crippen LogP contribution is 2.64. The molecule has 4 aliphatic carbocycles. The van der Waals surface area contributed by atoms with E-state index in [2.05, 4.69) is 77.4 Å². The van der Waals surface area contributed by atoms with Gasteiger partial charge in [-0.1, -0.05) is 26.0 Å². The maximum absolute atomic E-state index is 6.73. The van der Waals surface area contributed by atoms with Crippen molar-refractivity contribution in [2.75, 3.05) is 0 Å². The van der Waals surface area contributed by atoms with Gasteiger partial charge in [-0.15, -0.1) is 0 Å². The Hall–Kier alpha value is -0.586. The molecule has 0 radical (unpaired) electrons. The van der Waals surface area contributed by atoms with Crippen LogP contribution in [0.15, 0.2) is 35.6 Å². The molecule has 0 aliphatic heterocycles. The van der Waals surface area contributed by atoms with Crippen LogP contribution in [0.25, 0.3) is 0 Å². The molecule has 0 aromatic rings. The van der Waals surface area contributed by atoms with Crippen molar-refractivity contribution in [2.24, 2.45) is 28.6 Å². The summed E-state index contributed by atoms with van der Waals surface area (Å²) < 4.78 is 13.0. The molecule has 29 heavy (non-hydrogen) atoms. The van der Waals surface area contributed by atoms with Gasteiger partial charge in [-0.2, -0.15) is 0 Å². The Balaban J connectivity index is 1.59. The molecule has 0 heterocycles. The fourth-order valence-electron chi connectivity index (χ4n) is 6.94. The molecule has 4 aliphatic rings. The van der Waals surface area contributed by atoms with Crippen molar-refractivity contribution in [3.05, 3.63) is 35.6 Å². The fraction of sp³-hybridized carbons (Fsp3) is 0.760. The molecule has 0 spiro atoms. The highest BCUT2D eigenvalue weighted by atomic mass is 28.4. The third-order valence-corrected chi connectivity index (χ3v) is 10.0. The van der Waals surface area contributed by atoms with Gasteiger partial charge in [0, 0.05) is 5.41 Å². The molecule has 4 heteroatoms. The average molecular weight is 431 g/mol. The molecule has 2 saturated carbocycles. The SMILES string of the molecule is C[C@]12C=CC(O[Si](C)(C)C)=CC1=CCC1C2CC[C@@]2(C)C1CC[C@@H]2O[Si](C)(C)C. The third-order valence-electron chi connectivity index (χ3n) is 8.16. The lowest BCUT2D eigenvalue weighted by Gasteiger charge is -2.56. The first-order valence-corrected chi connectivity index (χ1v) is 18.6. The minimum absolute atomic E-state index is 0.175. The van der Waals surface area contributed by atoms with Crippen LogP contribution < -0.4 is 0 Å². The lowest BCUT2D eigenvalue weighted by molar-refractivity contribution is -0.0466. The predicted octanol–water partition coefficient (Wildman–Crippen LogP) is 7.29. The largest absolute Gasteiger partial charge is 0.544 e. The van der Waals surface area contributed by atoms with Gasteiger partial charge in [-0.05, 0) is 112 Å². The first-order valence-electron chi connectivity index (χ1n) is 11.8. The summed E-state index contributed by atoms with van der Waals surface area (Å²) in [4.78, 5) is 0. The number of hydrogen-bond donors (Lipinski definition) is 0. The molecule has 6 atom stereocenters. The van der Waals surface area contributed by atoms with Crippen molar-refractivity contribution in [1.82, 2.24) is 0 Å². The van der Waals surface area contributed by atoms with E-state index in [1.165, 1.54) is 37.7 Å². The van der Waals surface area contributed by atoms with E-state index in [-0.39, 0.29) is 5.41 Å². The van der Waals surface area contributed by atoms with Crippen LogP contribution >= 0.6 is 0 Å². The summed E-state index contributed by atoms with van der Waals surface area (Å²) in [6, 6.07) is 0. The van der Waals surface area contributed by atoms with E-state index >= 15 is 0 Å². The maximum atomic E-state index is 6.73. The quantitative estimate of drug-likeness (QED) is 0.436. The Morgan fingerprint density at radius 3 is 2.31 bits per heavy atom. The third kappa shape index (κ3) is 3.90. The molecule has 2 fully saturated rings. The minimum Gasteiger partial charge on any atom is -0.544 e. The van der Waals surface area contributed by atoms with Gasteiger partial charge < -0.3 is 8.85 Å². The zero-order chi connectivity index (χ0) is 21.2. The van der Waals surface area contributed by atoms with Gasteiger partial charge >= 0.3 is 0 Å². The molecule has 0 aromatic carbocycles. The van der Waals surface area contributed by atoms with Crippen LogP contribution in [0.3, 0.4) is 0 Å². The Kier molecular flexibility index (Phi) is 5.19. The van der Waals surface area contributed by atoms with E-state index in [0.717, 1.165) is 23.5 Å². The summed E-state index contributed by atoms with van der Waals surface area (Å²) >= 11 is 0. The van der Waals surface area contributed by atoms with Crippen LogP contribution in [0, 0.1) is 28.6 Å². The highest BCUT2D eigenvalue weighted by Gasteiger charge is 2.58. The lowest BCUT2D eigenvalue weighted by Crippen LogP contribution is -2.51. The fourth-order valence-corrected chi connectivity index (χ4v) is 9.01. The van der Waals surface area contributed by atoms with Crippen LogP contribution in [0.2, 0.25) is 39.3 Å². The van der Waals surface area contributed by atoms with Crippen molar-refractivity contribution < 1.29 is 8.85 Å². The summed E-state index contributed by atoms with van der Waals surface area (Å²) in [5, 5.41) is 0. The number of hydrogen-bond acceptors (Lipinski definition) is 2. The van der Waals surface area contributed by atoms with Crippen molar-refractivity contribution in [3.63, 3.8) is 0 Å². The lowest BCUT2D eigenvalue weighted by atomic mass is 9.49. The monoisotopic (exact) mass is 430 g/mol. The molecule has 0 aromatic heterocycles. The van der Waals surface area contributed by atoms with E-state index in [0.29, 0.717) is 11.5 Å². The number of fused-ring (bicyclic) bond motifs is 5. The molecular formula is C25H42O2Si2. The molecule has 0 N–H and O–H groups in total. The van der Waals surface area contributed by atoms with Crippen molar-refractivity contribution in [3.8, 4) is 0 Å². The maximum Gasteiger partial charge on any atom is 0.242 e. The smallest absolute Gasteiger partial charge is 0.242 e. The second kappa shape index (κ2) is 6.96. The van der Waals surface area contributed by atoms with Gasteiger partial charge in [0.25, 0.3) is 0 Å². The zero-order valence-electron chi connectivity index (χ0n) is 20.0. The molecule has 3 unspecified atom stereocenters. The Morgan fingerprint density at radius 1 is 0.931 bits per heavy atom. The molecule has 162 valence electrons. The van der Waals surface area contributed by atoms with Crippen molar-refractivity contribution in [1.29, 1.82) is 0 Å². The molecule has 4 rings (SSSR count). The Morgan fingerprint density at radius 2 is 1.66 bits per heavy atom. The van der Waals surface area contributed by atoms with E-state index < -0.39 is 16.6 Å². The van der Waals surface area contributed by atoms with Crippen molar-refractivity contribution in [2.45, 2.75) is 91.3 Å². The molecule has 0 bridgehead atoms. The number of allylic oxidation sites excluding steroid dienone is 5. The van der Waals surface area contributed by atoms with Crippen LogP contribution in [-0.2, 0) is 8.85 Å². The summed E-state index contributed by atoms with van der Waals surface area (Å²) in [6.45, 7) is 18.9. The first kappa shape index (κ1) is 21.6. The summed E-state index contributed by atoms with van der Waals surface area (Å²) in [7, 11) is -3.07. The highest BCUT2D eigenvalue weighted by molar-refractivity contribution is 6.70.